The summed E-state index contributed by atoms with van der Waals surface area (Å²) < 4.78 is 38.5. The third-order valence-corrected chi connectivity index (χ3v) is 5.94. The molecule has 0 spiro atoms. The Labute approximate surface area is 214 Å². The number of carbonyl (C=O) groups is 2. The zero-order valence-electron chi connectivity index (χ0n) is 21.1. The summed E-state index contributed by atoms with van der Waals surface area (Å²) in [6.45, 7) is 3.83. The predicted molar refractivity (Wildman–Crippen MR) is 132 cm³/mol. The molecule has 2 N–H and O–H groups in total. The molecule has 1 aromatic carbocycles. The molecule has 0 radical (unpaired) electrons. The maximum atomic E-state index is 14.0. The Hall–Kier alpha value is -3.75. The normalized spacial score (nSPS) is 17.9. The second-order valence-corrected chi connectivity index (χ2v) is 8.87. The highest BCUT2D eigenvalue weighted by molar-refractivity contribution is 5.97. The summed E-state index contributed by atoms with van der Waals surface area (Å²) in [4.78, 5) is 33.3. The summed E-state index contributed by atoms with van der Waals surface area (Å²) in [5.74, 6) is 3.65. The van der Waals surface area contributed by atoms with Gasteiger partial charge in [-0.2, -0.15) is 0 Å². The lowest BCUT2D eigenvalue weighted by atomic mass is 10.00. The molecule has 0 aliphatic carbocycles. The van der Waals surface area contributed by atoms with Crippen molar-refractivity contribution in [2.75, 3.05) is 45.8 Å². The summed E-state index contributed by atoms with van der Waals surface area (Å²) in [6.07, 6.45) is 0.854. The van der Waals surface area contributed by atoms with Gasteiger partial charge in [0.1, 0.15) is 29.9 Å². The van der Waals surface area contributed by atoms with Crippen LogP contribution in [0.25, 0.3) is 0 Å². The van der Waals surface area contributed by atoms with Gasteiger partial charge in [-0.05, 0) is 25.1 Å². The first kappa shape index (κ1) is 27.8. The predicted octanol–water partition coefficient (Wildman–Crippen LogP) is 2.74. The van der Waals surface area contributed by atoms with Gasteiger partial charge in [0.15, 0.2) is 0 Å². The number of aromatic nitrogens is 1. The van der Waals surface area contributed by atoms with E-state index in [9.17, 15) is 23.5 Å². The summed E-state index contributed by atoms with van der Waals surface area (Å²) >= 11 is 0. The van der Waals surface area contributed by atoms with Crippen LogP contribution in [0, 0.1) is 29.4 Å². The number of methoxy groups -OCH3 is 1. The van der Waals surface area contributed by atoms with E-state index in [4.69, 9.17) is 9.47 Å². The van der Waals surface area contributed by atoms with Gasteiger partial charge in [-0.3, -0.25) is 4.79 Å². The summed E-state index contributed by atoms with van der Waals surface area (Å²) in [5, 5.41) is 12.1. The largest absolute Gasteiger partial charge is 0.472 e. The van der Waals surface area contributed by atoms with Crippen molar-refractivity contribution in [3.63, 3.8) is 0 Å². The van der Waals surface area contributed by atoms with Gasteiger partial charge in [-0.1, -0.05) is 18.8 Å². The minimum absolute atomic E-state index is 0.0516. The molecule has 11 heteroatoms. The molecule has 0 unspecified atom stereocenters. The molecule has 2 heterocycles. The number of anilines is 1. The Morgan fingerprint density at radius 3 is 2.86 bits per heavy atom. The highest BCUT2D eigenvalue weighted by atomic mass is 19.1. The molecule has 9 nitrogen and oxygen atoms in total. The summed E-state index contributed by atoms with van der Waals surface area (Å²) in [7, 11) is 3.01. The van der Waals surface area contributed by atoms with Crippen molar-refractivity contribution in [2.24, 2.45) is 5.92 Å². The zero-order valence-corrected chi connectivity index (χ0v) is 21.1. The van der Waals surface area contributed by atoms with E-state index in [0.717, 1.165) is 18.2 Å². The summed E-state index contributed by atoms with van der Waals surface area (Å²) in [5.41, 5.74) is 0.379. The number of nitrogens with one attached hydrogen (secondary N) is 1. The van der Waals surface area contributed by atoms with Crippen LogP contribution >= 0.6 is 0 Å². The van der Waals surface area contributed by atoms with Gasteiger partial charge in [0.25, 0.3) is 5.91 Å². The van der Waals surface area contributed by atoms with E-state index in [0.29, 0.717) is 5.56 Å². The standard InChI is InChI=1S/C26H30F2N4O5/c1-16-13-32(17(2)15-33)25(34)20-10-18(6-5-9-36-4)12-29-24(20)37-23(16)14-31(3)26(35)30-22-11-19(27)7-8-21(22)28/h7-8,10-12,16-17,23,33H,9,13-15H2,1-4H3,(H,30,35)/t16-,17+,23+/m1/s1. The van der Waals surface area contributed by atoms with Crippen molar-refractivity contribution < 1.29 is 33.0 Å². The Morgan fingerprint density at radius 1 is 1.41 bits per heavy atom. The third-order valence-electron chi connectivity index (χ3n) is 5.94. The van der Waals surface area contributed by atoms with Crippen LogP contribution in [0.4, 0.5) is 19.3 Å². The number of fused-ring (bicyclic) bond motifs is 1. The number of hydrogen-bond acceptors (Lipinski definition) is 6. The number of halogens is 2. The topological polar surface area (TPSA) is 104 Å². The number of aliphatic hydroxyl groups is 1. The number of aliphatic hydroxyl groups excluding tert-OH is 1. The number of ether oxygens (including phenoxy) is 2. The molecular weight excluding hydrogens is 486 g/mol. The molecule has 198 valence electrons. The molecule has 1 aliphatic rings. The van der Waals surface area contributed by atoms with Gasteiger partial charge in [-0.25, -0.2) is 18.6 Å². The first-order valence-corrected chi connectivity index (χ1v) is 11.7. The number of urea groups is 1. The molecule has 0 saturated carbocycles. The molecule has 3 rings (SSSR count). The number of hydrogen-bond donors (Lipinski definition) is 2. The third kappa shape index (κ3) is 6.93. The molecular formula is C26H30F2N4O5. The first-order chi connectivity index (χ1) is 17.6. The van der Waals surface area contributed by atoms with E-state index < -0.39 is 29.8 Å². The molecule has 37 heavy (non-hydrogen) atoms. The van der Waals surface area contributed by atoms with Crippen LogP contribution in [-0.4, -0.2) is 84.4 Å². The average molecular weight is 517 g/mol. The fourth-order valence-corrected chi connectivity index (χ4v) is 3.76. The Kier molecular flexibility index (Phi) is 9.38. The molecule has 1 aliphatic heterocycles. The van der Waals surface area contributed by atoms with Crippen molar-refractivity contribution in [2.45, 2.75) is 26.0 Å². The Balaban J connectivity index is 1.88. The van der Waals surface area contributed by atoms with E-state index in [2.05, 4.69) is 22.1 Å². The van der Waals surface area contributed by atoms with E-state index >= 15 is 0 Å². The SMILES string of the molecule is COCC#Cc1cnc2c(c1)C(=O)N([C@@H](C)CO)C[C@@H](C)[C@H](CN(C)C(=O)Nc1cc(F)ccc1F)O2. The second kappa shape index (κ2) is 12.5. The molecule has 1 aromatic heterocycles. The van der Waals surface area contributed by atoms with Crippen LogP contribution in [0.3, 0.4) is 0 Å². The second-order valence-electron chi connectivity index (χ2n) is 8.87. The Bertz CT molecular complexity index is 1200. The highest BCUT2D eigenvalue weighted by Gasteiger charge is 2.34. The van der Waals surface area contributed by atoms with Crippen LogP contribution in [0.5, 0.6) is 5.88 Å². The quantitative estimate of drug-likeness (QED) is 0.573. The number of rotatable bonds is 6. The fourth-order valence-electron chi connectivity index (χ4n) is 3.76. The number of pyridine rings is 1. The van der Waals surface area contributed by atoms with Gasteiger partial charge >= 0.3 is 6.03 Å². The molecule has 0 bridgehead atoms. The molecule has 3 atom stereocenters. The average Bonchev–Trinajstić information content (AvgIpc) is 2.88. The minimum Gasteiger partial charge on any atom is -0.472 e. The van der Waals surface area contributed by atoms with Gasteiger partial charge < -0.3 is 29.7 Å². The lowest BCUT2D eigenvalue weighted by Crippen LogP contribution is -2.50. The lowest BCUT2D eigenvalue weighted by molar-refractivity contribution is 0.0356. The maximum Gasteiger partial charge on any atom is 0.321 e. The smallest absolute Gasteiger partial charge is 0.321 e. The molecule has 3 amide bonds. The number of nitrogens with zero attached hydrogens (tertiary/aromatic N) is 3. The number of amides is 3. The van der Waals surface area contributed by atoms with Crippen molar-refractivity contribution in [3.8, 4) is 17.7 Å². The maximum absolute atomic E-state index is 14.0. The van der Waals surface area contributed by atoms with Crippen LogP contribution in [-0.2, 0) is 4.74 Å². The summed E-state index contributed by atoms with van der Waals surface area (Å²) in [6, 6.07) is 3.19. The van der Waals surface area contributed by atoms with Crippen LogP contribution in [0.15, 0.2) is 30.5 Å². The van der Waals surface area contributed by atoms with Gasteiger partial charge in [0, 0.05) is 44.4 Å². The van der Waals surface area contributed by atoms with E-state index in [-0.39, 0.29) is 55.3 Å². The van der Waals surface area contributed by atoms with Crippen LogP contribution in [0.1, 0.15) is 29.8 Å². The zero-order chi connectivity index (χ0) is 27.1. The Morgan fingerprint density at radius 2 is 2.16 bits per heavy atom. The first-order valence-electron chi connectivity index (χ1n) is 11.7. The minimum atomic E-state index is -0.770. The van der Waals surface area contributed by atoms with Gasteiger partial charge in [0.05, 0.1) is 24.9 Å². The molecule has 0 saturated heterocycles. The number of likely N-dealkylation sites (N-methyl/N-ethyl adjacent to an activating group) is 1. The van der Waals surface area contributed by atoms with Crippen molar-refractivity contribution in [1.82, 2.24) is 14.8 Å². The van der Waals surface area contributed by atoms with Gasteiger partial charge in [0.2, 0.25) is 5.88 Å². The van der Waals surface area contributed by atoms with E-state index in [1.54, 1.807) is 13.0 Å². The fraction of sp³-hybridized carbons (Fsp3) is 0.423. The highest BCUT2D eigenvalue weighted by Crippen LogP contribution is 2.27. The van der Waals surface area contributed by atoms with E-state index in [1.807, 2.05) is 6.92 Å². The van der Waals surface area contributed by atoms with Crippen molar-refractivity contribution >= 4 is 17.6 Å². The molecule has 2 aromatic rings. The number of carbonyl (C=O) groups excluding carboxylic acids is 2. The van der Waals surface area contributed by atoms with E-state index in [1.165, 1.54) is 30.2 Å². The van der Waals surface area contributed by atoms with Crippen LogP contribution in [0.2, 0.25) is 0 Å². The number of benzene rings is 1. The van der Waals surface area contributed by atoms with Gasteiger partial charge in [-0.15, -0.1) is 0 Å². The lowest BCUT2D eigenvalue weighted by Gasteiger charge is -2.37. The van der Waals surface area contributed by atoms with Crippen LogP contribution < -0.4 is 10.1 Å². The molecule has 0 fully saturated rings. The van der Waals surface area contributed by atoms with Crippen molar-refractivity contribution in [1.29, 1.82) is 0 Å². The van der Waals surface area contributed by atoms with Crippen molar-refractivity contribution in [3.05, 3.63) is 53.2 Å². The monoisotopic (exact) mass is 516 g/mol.